The topological polar surface area (TPSA) is 68.2 Å². The lowest BCUT2D eigenvalue weighted by Gasteiger charge is -2.33. The molecule has 1 saturated heterocycles. The maximum Gasteiger partial charge on any atom is 0.338 e. The fourth-order valence-electron chi connectivity index (χ4n) is 2.95. The van der Waals surface area contributed by atoms with Crippen molar-refractivity contribution in [3.05, 3.63) is 45.6 Å². The zero-order valence-electron chi connectivity index (χ0n) is 14.7. The highest BCUT2D eigenvalue weighted by atomic mass is 79.9. The third-order valence-electron chi connectivity index (χ3n) is 4.16. The van der Waals surface area contributed by atoms with E-state index in [1.54, 1.807) is 18.9 Å². The number of rotatable bonds is 5. The molecule has 0 unspecified atom stereocenters. The van der Waals surface area contributed by atoms with Crippen LogP contribution in [0.15, 0.2) is 45.0 Å². The first kappa shape index (κ1) is 19.1. The molecule has 8 heteroatoms. The average molecular weight is 439 g/mol. The summed E-state index contributed by atoms with van der Waals surface area (Å²) in [6.07, 6.45) is 0. The van der Waals surface area contributed by atoms with Crippen molar-refractivity contribution >= 4 is 44.7 Å². The molecule has 2 aliphatic rings. The van der Waals surface area contributed by atoms with Gasteiger partial charge in [-0.25, -0.2) is 9.79 Å². The van der Waals surface area contributed by atoms with Gasteiger partial charge in [-0.15, -0.1) is 0 Å². The number of aliphatic imine (C=N–C) groups is 1. The minimum absolute atomic E-state index is 0.0617. The van der Waals surface area contributed by atoms with Gasteiger partial charge in [0.25, 0.3) is 0 Å². The van der Waals surface area contributed by atoms with Crippen LogP contribution in [0.5, 0.6) is 0 Å². The number of nitrogens with zero attached hydrogens (tertiary/aromatic N) is 2. The molecule has 3 rings (SSSR count). The number of amides is 1. The number of esters is 1. The average Bonchev–Trinajstić information content (AvgIpc) is 2.87. The van der Waals surface area contributed by atoms with Crippen molar-refractivity contribution in [2.45, 2.75) is 25.1 Å². The Kier molecular flexibility index (Phi) is 5.84. The summed E-state index contributed by atoms with van der Waals surface area (Å²) in [4.78, 5) is 31.6. The number of carbonyl (C=O) groups excluding carboxylic acids is 2. The molecule has 2 aliphatic heterocycles. The van der Waals surface area contributed by atoms with Crippen molar-refractivity contribution in [3.63, 3.8) is 0 Å². The Morgan fingerprint density at radius 1 is 1.38 bits per heavy atom. The van der Waals surface area contributed by atoms with Crippen molar-refractivity contribution in [1.82, 2.24) is 4.90 Å². The first-order chi connectivity index (χ1) is 12.4. The molecule has 0 bridgehead atoms. The standard InChI is InChI=1S/C18H19BrN2O4S/c1-10-14(17(23)25-8-7-24-3)15(12-5-4-6-13(19)9-12)21-16(22)11(2)26-18(21)20-10/h4-6,9,11,15H,7-8H2,1-3H3/t11-,15+/m0/s1. The Morgan fingerprint density at radius 3 is 2.85 bits per heavy atom. The molecule has 138 valence electrons. The first-order valence-corrected chi connectivity index (χ1v) is 9.82. The maximum absolute atomic E-state index is 12.8. The quantitative estimate of drug-likeness (QED) is 0.521. The largest absolute Gasteiger partial charge is 0.460 e. The SMILES string of the molecule is COCCOC(=O)C1=C(C)N=C2S[C@@H](C)C(=O)N2[C@@H]1c1cccc(Br)c1. The molecule has 1 aromatic carbocycles. The lowest BCUT2D eigenvalue weighted by atomic mass is 9.94. The Bertz CT molecular complexity index is 808. The molecule has 0 spiro atoms. The van der Waals surface area contributed by atoms with E-state index in [-0.39, 0.29) is 17.8 Å². The highest BCUT2D eigenvalue weighted by molar-refractivity contribution is 9.10. The number of amidine groups is 1. The number of hydrogen-bond donors (Lipinski definition) is 0. The van der Waals surface area contributed by atoms with Gasteiger partial charge in [0.2, 0.25) is 5.91 Å². The Hall–Kier alpha value is -1.64. The van der Waals surface area contributed by atoms with Crippen molar-refractivity contribution in [3.8, 4) is 0 Å². The minimum Gasteiger partial charge on any atom is -0.460 e. The fourth-order valence-corrected chi connectivity index (χ4v) is 4.40. The van der Waals surface area contributed by atoms with E-state index in [4.69, 9.17) is 9.47 Å². The number of fused-ring (bicyclic) bond motifs is 1. The zero-order valence-corrected chi connectivity index (χ0v) is 17.1. The summed E-state index contributed by atoms with van der Waals surface area (Å²) in [5.41, 5.74) is 1.77. The van der Waals surface area contributed by atoms with Crippen LogP contribution in [0, 0.1) is 0 Å². The van der Waals surface area contributed by atoms with Crippen LogP contribution < -0.4 is 0 Å². The van der Waals surface area contributed by atoms with E-state index in [2.05, 4.69) is 20.9 Å². The van der Waals surface area contributed by atoms with E-state index < -0.39 is 12.0 Å². The molecule has 0 N–H and O–H groups in total. The molecule has 2 atom stereocenters. The molecular formula is C18H19BrN2O4S. The van der Waals surface area contributed by atoms with Crippen LogP contribution in [-0.4, -0.2) is 47.5 Å². The molecule has 0 aromatic heterocycles. The summed E-state index contributed by atoms with van der Waals surface area (Å²) in [7, 11) is 1.54. The molecule has 6 nitrogen and oxygen atoms in total. The first-order valence-electron chi connectivity index (χ1n) is 8.14. The molecule has 0 radical (unpaired) electrons. The summed E-state index contributed by atoms with van der Waals surface area (Å²) in [5, 5.41) is 0.387. The Labute approximate surface area is 164 Å². The normalized spacial score (nSPS) is 22.4. The van der Waals surface area contributed by atoms with Gasteiger partial charge < -0.3 is 9.47 Å². The summed E-state index contributed by atoms with van der Waals surface area (Å²) in [6.45, 7) is 4.07. The van der Waals surface area contributed by atoms with Gasteiger partial charge in [-0.2, -0.15) is 0 Å². The molecule has 0 saturated carbocycles. The summed E-state index contributed by atoms with van der Waals surface area (Å²) in [6, 6.07) is 7.03. The van der Waals surface area contributed by atoms with E-state index in [1.165, 1.54) is 11.8 Å². The highest BCUT2D eigenvalue weighted by Crippen LogP contribution is 2.43. The molecule has 1 fully saturated rings. The van der Waals surface area contributed by atoms with Gasteiger partial charge in [0.05, 0.1) is 29.2 Å². The molecule has 1 aromatic rings. The predicted molar refractivity (Wildman–Crippen MR) is 104 cm³/mol. The van der Waals surface area contributed by atoms with Gasteiger partial charge in [0.15, 0.2) is 5.17 Å². The van der Waals surface area contributed by atoms with Crippen LogP contribution in [0.1, 0.15) is 25.5 Å². The second kappa shape index (κ2) is 7.94. The summed E-state index contributed by atoms with van der Waals surface area (Å²) < 4.78 is 11.1. The molecule has 2 heterocycles. The van der Waals surface area contributed by atoms with Gasteiger partial charge in [-0.3, -0.25) is 9.69 Å². The minimum atomic E-state index is -0.556. The molecular weight excluding hydrogens is 420 g/mol. The van der Waals surface area contributed by atoms with Crippen LogP contribution in [0.25, 0.3) is 0 Å². The number of halogens is 1. The third kappa shape index (κ3) is 3.58. The lowest BCUT2D eigenvalue weighted by Crippen LogP contribution is -2.40. The second-order valence-corrected chi connectivity index (χ2v) is 8.17. The van der Waals surface area contributed by atoms with E-state index in [0.717, 1.165) is 10.0 Å². The van der Waals surface area contributed by atoms with Gasteiger partial charge in [0, 0.05) is 11.6 Å². The Morgan fingerprint density at radius 2 is 2.15 bits per heavy atom. The van der Waals surface area contributed by atoms with E-state index >= 15 is 0 Å². The summed E-state index contributed by atoms with van der Waals surface area (Å²) in [5.74, 6) is -0.543. The lowest BCUT2D eigenvalue weighted by molar-refractivity contribution is -0.141. The number of ether oxygens (including phenoxy) is 2. The third-order valence-corrected chi connectivity index (χ3v) is 5.71. The van der Waals surface area contributed by atoms with Crippen molar-refractivity contribution in [2.75, 3.05) is 20.3 Å². The van der Waals surface area contributed by atoms with Gasteiger partial charge in [-0.1, -0.05) is 39.8 Å². The number of thioether (sulfide) groups is 1. The van der Waals surface area contributed by atoms with Gasteiger partial charge in [-0.05, 0) is 31.5 Å². The van der Waals surface area contributed by atoms with Crippen LogP contribution in [0.4, 0.5) is 0 Å². The van der Waals surface area contributed by atoms with Gasteiger partial charge >= 0.3 is 5.97 Å². The van der Waals surface area contributed by atoms with Crippen LogP contribution in [0.3, 0.4) is 0 Å². The summed E-state index contributed by atoms with van der Waals surface area (Å²) >= 11 is 4.87. The van der Waals surface area contributed by atoms with Gasteiger partial charge in [0.1, 0.15) is 6.61 Å². The Balaban J connectivity index is 2.05. The molecule has 26 heavy (non-hydrogen) atoms. The van der Waals surface area contributed by atoms with Crippen molar-refractivity contribution in [2.24, 2.45) is 4.99 Å². The van der Waals surface area contributed by atoms with E-state index in [0.29, 0.717) is 23.0 Å². The number of hydrogen-bond acceptors (Lipinski definition) is 6. The van der Waals surface area contributed by atoms with Crippen LogP contribution in [0.2, 0.25) is 0 Å². The zero-order chi connectivity index (χ0) is 18.8. The molecule has 0 aliphatic carbocycles. The number of methoxy groups -OCH3 is 1. The van der Waals surface area contributed by atoms with Crippen molar-refractivity contribution < 1.29 is 19.1 Å². The molecule has 1 amide bonds. The van der Waals surface area contributed by atoms with E-state index in [9.17, 15) is 9.59 Å². The smallest absolute Gasteiger partial charge is 0.338 e. The second-order valence-electron chi connectivity index (χ2n) is 5.95. The highest BCUT2D eigenvalue weighted by Gasteiger charge is 2.46. The van der Waals surface area contributed by atoms with Crippen LogP contribution >= 0.6 is 27.7 Å². The van der Waals surface area contributed by atoms with Crippen molar-refractivity contribution in [1.29, 1.82) is 0 Å². The number of benzene rings is 1. The fraction of sp³-hybridized carbons (Fsp3) is 0.389. The number of allylic oxidation sites excluding steroid dienone is 1. The number of carbonyl (C=O) groups is 2. The monoisotopic (exact) mass is 438 g/mol. The maximum atomic E-state index is 12.8. The van der Waals surface area contributed by atoms with E-state index in [1.807, 2.05) is 31.2 Å². The predicted octanol–water partition coefficient (Wildman–Crippen LogP) is 3.29. The van der Waals surface area contributed by atoms with Crippen LogP contribution in [-0.2, 0) is 19.1 Å².